The van der Waals surface area contributed by atoms with Crippen molar-refractivity contribution in [1.29, 1.82) is 0 Å². The van der Waals surface area contributed by atoms with E-state index < -0.39 is 5.54 Å². The van der Waals surface area contributed by atoms with E-state index >= 15 is 0 Å². The van der Waals surface area contributed by atoms with Crippen molar-refractivity contribution in [2.45, 2.75) is 18.9 Å². The molecule has 1 aromatic carbocycles. The van der Waals surface area contributed by atoms with Gasteiger partial charge in [0.1, 0.15) is 5.75 Å². The lowest BCUT2D eigenvalue weighted by Crippen LogP contribution is -2.52. The number of anilines is 1. The van der Waals surface area contributed by atoms with Gasteiger partial charge in [-0.1, -0.05) is 6.07 Å². The Morgan fingerprint density at radius 1 is 1.47 bits per heavy atom. The van der Waals surface area contributed by atoms with Crippen LogP contribution in [0.4, 0.5) is 5.69 Å². The maximum absolute atomic E-state index is 11.3. The molecule has 0 saturated carbocycles. The highest BCUT2D eigenvalue weighted by Gasteiger charge is 2.28. The van der Waals surface area contributed by atoms with Crippen LogP contribution in [0.2, 0.25) is 0 Å². The van der Waals surface area contributed by atoms with E-state index in [1.807, 2.05) is 43.3 Å². The minimum absolute atomic E-state index is 0.374. The summed E-state index contributed by atoms with van der Waals surface area (Å²) in [7, 11) is 5.67. The molecule has 0 heterocycles. The van der Waals surface area contributed by atoms with Crippen molar-refractivity contribution in [2.75, 3.05) is 32.6 Å². The number of nitrogens with one attached hydrogen (secondary N) is 1. The molecule has 1 amide bonds. The summed E-state index contributed by atoms with van der Waals surface area (Å²) in [5.41, 5.74) is 5.70. The summed E-state index contributed by atoms with van der Waals surface area (Å²) < 4.78 is 5.67. The first-order chi connectivity index (χ1) is 8.89. The lowest BCUT2D eigenvalue weighted by molar-refractivity contribution is -0.124. The van der Waals surface area contributed by atoms with Crippen LogP contribution in [0, 0.1) is 0 Å². The molecule has 0 bridgehead atoms. The molecular formula is C14H23N3O2. The summed E-state index contributed by atoms with van der Waals surface area (Å²) in [5, 5.41) is 2.93. The fourth-order valence-corrected chi connectivity index (χ4v) is 1.60. The third-order valence-electron chi connectivity index (χ3n) is 3.30. The minimum atomic E-state index is -0.737. The number of hydrogen-bond acceptors (Lipinski definition) is 4. The van der Waals surface area contributed by atoms with Crippen LogP contribution < -0.4 is 20.7 Å². The topological polar surface area (TPSA) is 67.6 Å². The van der Waals surface area contributed by atoms with Crippen molar-refractivity contribution >= 4 is 11.6 Å². The Morgan fingerprint density at radius 2 is 2.16 bits per heavy atom. The van der Waals surface area contributed by atoms with Crippen molar-refractivity contribution in [3.8, 4) is 5.75 Å². The molecule has 0 radical (unpaired) electrons. The van der Waals surface area contributed by atoms with Crippen LogP contribution in [0.25, 0.3) is 0 Å². The number of amides is 1. The molecule has 1 atom stereocenters. The van der Waals surface area contributed by atoms with E-state index in [2.05, 4.69) is 5.32 Å². The van der Waals surface area contributed by atoms with Gasteiger partial charge in [0.15, 0.2) is 0 Å². The molecule has 5 nitrogen and oxygen atoms in total. The molecule has 1 aromatic rings. The summed E-state index contributed by atoms with van der Waals surface area (Å²) in [6.07, 6.45) is 0.519. The SMILES string of the molecule is CNC(C)(CCOc1cccc(N(C)C)c1)C(N)=O. The summed E-state index contributed by atoms with van der Waals surface area (Å²) in [4.78, 5) is 13.3. The number of carbonyl (C=O) groups is 1. The van der Waals surface area contributed by atoms with Crippen molar-refractivity contribution < 1.29 is 9.53 Å². The zero-order valence-electron chi connectivity index (χ0n) is 12.1. The second-order valence-electron chi connectivity index (χ2n) is 4.94. The molecule has 0 aliphatic rings. The smallest absolute Gasteiger partial charge is 0.237 e. The zero-order valence-corrected chi connectivity index (χ0v) is 12.1. The Kier molecular flexibility index (Phi) is 5.18. The summed E-state index contributed by atoms with van der Waals surface area (Å²) in [5.74, 6) is 0.412. The third kappa shape index (κ3) is 4.13. The third-order valence-corrected chi connectivity index (χ3v) is 3.30. The Bertz CT molecular complexity index is 434. The van der Waals surface area contributed by atoms with Crippen LogP contribution in [0.1, 0.15) is 13.3 Å². The lowest BCUT2D eigenvalue weighted by Gasteiger charge is -2.25. The standard InChI is InChI=1S/C14H23N3O2/c1-14(16-2,13(15)18)8-9-19-12-7-5-6-11(10-12)17(3)4/h5-7,10,16H,8-9H2,1-4H3,(H2,15,18). The molecule has 0 aromatic heterocycles. The number of ether oxygens (including phenoxy) is 1. The van der Waals surface area contributed by atoms with Crippen molar-refractivity contribution in [3.05, 3.63) is 24.3 Å². The Morgan fingerprint density at radius 3 is 2.68 bits per heavy atom. The van der Waals surface area contributed by atoms with Gasteiger partial charge < -0.3 is 20.7 Å². The normalized spacial score (nSPS) is 13.7. The zero-order chi connectivity index (χ0) is 14.5. The van der Waals surface area contributed by atoms with E-state index in [0.29, 0.717) is 13.0 Å². The summed E-state index contributed by atoms with van der Waals surface area (Å²) >= 11 is 0. The molecule has 0 saturated heterocycles. The molecule has 5 heteroatoms. The van der Waals surface area contributed by atoms with E-state index in [4.69, 9.17) is 10.5 Å². The summed E-state index contributed by atoms with van der Waals surface area (Å²) in [6, 6.07) is 7.80. The van der Waals surface area contributed by atoms with Gasteiger partial charge in [-0.2, -0.15) is 0 Å². The number of primary amides is 1. The van der Waals surface area contributed by atoms with Gasteiger partial charge >= 0.3 is 0 Å². The predicted molar refractivity (Wildman–Crippen MR) is 77.5 cm³/mol. The average Bonchev–Trinajstić information content (AvgIpc) is 2.38. The quantitative estimate of drug-likeness (QED) is 0.771. The largest absolute Gasteiger partial charge is 0.493 e. The van der Waals surface area contributed by atoms with Gasteiger partial charge in [-0.15, -0.1) is 0 Å². The fourth-order valence-electron chi connectivity index (χ4n) is 1.60. The number of rotatable bonds is 7. The lowest BCUT2D eigenvalue weighted by atomic mass is 9.98. The van der Waals surface area contributed by atoms with Crippen LogP contribution in [0.3, 0.4) is 0 Å². The first-order valence-electron chi connectivity index (χ1n) is 6.28. The Balaban J connectivity index is 2.58. The maximum atomic E-state index is 11.3. The minimum Gasteiger partial charge on any atom is -0.493 e. The Labute approximate surface area is 114 Å². The number of nitrogens with two attached hydrogens (primary N) is 1. The average molecular weight is 265 g/mol. The maximum Gasteiger partial charge on any atom is 0.237 e. The molecule has 106 valence electrons. The molecule has 3 N–H and O–H groups in total. The first-order valence-corrected chi connectivity index (χ1v) is 6.28. The molecule has 1 rings (SSSR count). The van der Waals surface area contributed by atoms with E-state index in [1.54, 1.807) is 14.0 Å². The first kappa shape index (κ1) is 15.3. The van der Waals surface area contributed by atoms with Gasteiger partial charge in [0.2, 0.25) is 5.91 Å². The van der Waals surface area contributed by atoms with E-state index in [9.17, 15) is 4.79 Å². The Hall–Kier alpha value is -1.75. The van der Waals surface area contributed by atoms with Crippen LogP contribution in [-0.4, -0.2) is 39.2 Å². The molecule has 19 heavy (non-hydrogen) atoms. The van der Waals surface area contributed by atoms with Gasteiger partial charge in [0, 0.05) is 32.3 Å². The van der Waals surface area contributed by atoms with Gasteiger partial charge in [-0.05, 0) is 26.1 Å². The van der Waals surface area contributed by atoms with E-state index in [0.717, 1.165) is 11.4 Å². The molecular weight excluding hydrogens is 242 g/mol. The summed E-state index contributed by atoms with van der Waals surface area (Å²) in [6.45, 7) is 2.20. The second-order valence-corrected chi connectivity index (χ2v) is 4.94. The van der Waals surface area contributed by atoms with E-state index in [-0.39, 0.29) is 5.91 Å². The van der Waals surface area contributed by atoms with Crippen molar-refractivity contribution in [3.63, 3.8) is 0 Å². The van der Waals surface area contributed by atoms with Crippen LogP contribution >= 0.6 is 0 Å². The van der Waals surface area contributed by atoms with Crippen molar-refractivity contribution in [2.24, 2.45) is 5.73 Å². The van der Waals surface area contributed by atoms with Crippen LogP contribution in [-0.2, 0) is 4.79 Å². The van der Waals surface area contributed by atoms with Gasteiger partial charge in [-0.25, -0.2) is 0 Å². The highest BCUT2D eigenvalue weighted by molar-refractivity contribution is 5.84. The van der Waals surface area contributed by atoms with E-state index in [1.165, 1.54) is 0 Å². The van der Waals surface area contributed by atoms with Gasteiger partial charge in [0.25, 0.3) is 0 Å². The van der Waals surface area contributed by atoms with Gasteiger partial charge in [-0.3, -0.25) is 4.79 Å². The predicted octanol–water partition coefficient (Wildman–Crippen LogP) is 0.985. The molecule has 0 spiro atoms. The second kappa shape index (κ2) is 6.43. The highest BCUT2D eigenvalue weighted by atomic mass is 16.5. The van der Waals surface area contributed by atoms with Crippen LogP contribution in [0.5, 0.6) is 5.75 Å². The number of nitrogens with zero attached hydrogens (tertiary/aromatic N) is 1. The number of hydrogen-bond donors (Lipinski definition) is 2. The number of carbonyl (C=O) groups excluding carboxylic acids is 1. The van der Waals surface area contributed by atoms with Gasteiger partial charge in [0.05, 0.1) is 12.1 Å². The monoisotopic (exact) mass is 265 g/mol. The van der Waals surface area contributed by atoms with Crippen molar-refractivity contribution in [1.82, 2.24) is 5.32 Å². The fraction of sp³-hybridized carbons (Fsp3) is 0.500. The number of likely N-dealkylation sites (N-methyl/N-ethyl adjacent to an activating group) is 1. The van der Waals surface area contributed by atoms with Crippen LogP contribution in [0.15, 0.2) is 24.3 Å². The highest BCUT2D eigenvalue weighted by Crippen LogP contribution is 2.20. The number of benzene rings is 1. The molecule has 0 aliphatic carbocycles. The molecule has 0 fully saturated rings. The molecule has 0 aliphatic heterocycles. The molecule has 1 unspecified atom stereocenters.